The van der Waals surface area contributed by atoms with Crippen molar-refractivity contribution in [2.24, 2.45) is 0 Å². The van der Waals surface area contributed by atoms with Gasteiger partial charge in [-0.3, -0.25) is 0 Å². The molecule has 0 aromatic heterocycles. The SMILES string of the molecule is COc1cc(F)c(B(c2c(F)ccc(C)c2F)c2c(F)ccc(C)c2F)c(F)c1. The molecule has 0 atom stereocenters. The Kier molecular flexibility index (Phi) is 5.64. The zero-order valence-electron chi connectivity index (χ0n) is 15.7. The number of aryl methyl sites for hydroxylation is 2. The van der Waals surface area contributed by atoms with Gasteiger partial charge >= 0.3 is 0 Å². The summed E-state index contributed by atoms with van der Waals surface area (Å²) < 4.78 is 93.6. The van der Waals surface area contributed by atoms with E-state index in [1.165, 1.54) is 21.0 Å². The molecule has 1 nitrogen and oxygen atoms in total. The Bertz CT molecular complexity index is 1020. The van der Waals surface area contributed by atoms with Crippen LogP contribution in [0.3, 0.4) is 0 Å². The van der Waals surface area contributed by atoms with Crippen LogP contribution in [0.15, 0.2) is 36.4 Å². The maximum absolute atomic E-state index is 14.9. The van der Waals surface area contributed by atoms with Gasteiger partial charge in [0.25, 0.3) is 6.71 Å². The largest absolute Gasteiger partial charge is 0.497 e. The van der Waals surface area contributed by atoms with Gasteiger partial charge in [-0.15, -0.1) is 0 Å². The second kappa shape index (κ2) is 7.85. The molecule has 29 heavy (non-hydrogen) atoms. The van der Waals surface area contributed by atoms with Gasteiger partial charge in [0.1, 0.15) is 40.7 Å². The van der Waals surface area contributed by atoms with Crippen molar-refractivity contribution in [2.75, 3.05) is 7.11 Å². The van der Waals surface area contributed by atoms with Crippen molar-refractivity contribution in [1.82, 2.24) is 0 Å². The molecule has 0 saturated heterocycles. The Morgan fingerprint density at radius 2 is 1.03 bits per heavy atom. The topological polar surface area (TPSA) is 9.23 Å². The van der Waals surface area contributed by atoms with Crippen LogP contribution in [-0.4, -0.2) is 13.8 Å². The van der Waals surface area contributed by atoms with E-state index >= 15 is 0 Å². The highest BCUT2D eigenvalue weighted by atomic mass is 19.2. The molecule has 0 unspecified atom stereocenters. The monoisotopic (exact) mass is 408 g/mol. The molecule has 0 aliphatic carbocycles. The molecule has 0 spiro atoms. The van der Waals surface area contributed by atoms with E-state index in [-0.39, 0.29) is 16.9 Å². The van der Waals surface area contributed by atoms with Crippen molar-refractivity contribution >= 4 is 23.1 Å². The van der Waals surface area contributed by atoms with E-state index < -0.39 is 58.0 Å². The van der Waals surface area contributed by atoms with Crippen LogP contribution < -0.4 is 21.1 Å². The lowest BCUT2D eigenvalue weighted by Gasteiger charge is -2.21. The predicted octanol–water partition coefficient (Wildman–Crippen LogP) is 3.66. The van der Waals surface area contributed by atoms with Crippen molar-refractivity contribution < 1.29 is 31.1 Å². The van der Waals surface area contributed by atoms with Crippen molar-refractivity contribution in [2.45, 2.75) is 13.8 Å². The molecule has 0 radical (unpaired) electrons. The van der Waals surface area contributed by atoms with Gasteiger partial charge < -0.3 is 4.74 Å². The van der Waals surface area contributed by atoms with E-state index in [0.717, 1.165) is 36.4 Å². The van der Waals surface area contributed by atoms with Gasteiger partial charge in [0.15, 0.2) is 0 Å². The summed E-state index contributed by atoms with van der Waals surface area (Å²) in [7, 11) is 1.17. The van der Waals surface area contributed by atoms with Crippen LogP contribution in [-0.2, 0) is 0 Å². The lowest BCUT2D eigenvalue weighted by atomic mass is 9.35. The van der Waals surface area contributed by atoms with Crippen LogP contribution in [0.2, 0.25) is 0 Å². The molecule has 150 valence electrons. The van der Waals surface area contributed by atoms with Crippen molar-refractivity contribution in [1.29, 1.82) is 0 Å². The average molecular weight is 408 g/mol. The van der Waals surface area contributed by atoms with E-state index in [4.69, 9.17) is 4.74 Å². The molecule has 0 bridgehead atoms. The Balaban J connectivity index is 2.47. The van der Waals surface area contributed by atoms with Crippen LogP contribution >= 0.6 is 0 Å². The highest BCUT2D eigenvalue weighted by Gasteiger charge is 2.38. The molecule has 8 heteroatoms. The van der Waals surface area contributed by atoms with Crippen molar-refractivity contribution in [3.05, 3.63) is 82.4 Å². The molecule has 3 rings (SSSR count). The summed E-state index contributed by atoms with van der Waals surface area (Å²) in [5.41, 5.74) is -2.69. The van der Waals surface area contributed by atoms with Crippen molar-refractivity contribution in [3.8, 4) is 5.75 Å². The summed E-state index contributed by atoms with van der Waals surface area (Å²) in [6, 6.07) is 5.56. The Morgan fingerprint density at radius 1 is 0.621 bits per heavy atom. The van der Waals surface area contributed by atoms with Gasteiger partial charge in [0.2, 0.25) is 0 Å². The van der Waals surface area contributed by atoms with Gasteiger partial charge in [-0.2, -0.15) is 0 Å². The summed E-state index contributed by atoms with van der Waals surface area (Å²) in [5.74, 6) is -7.38. The summed E-state index contributed by atoms with van der Waals surface area (Å²) in [4.78, 5) is 0. The second-order valence-corrected chi connectivity index (χ2v) is 6.62. The predicted molar refractivity (Wildman–Crippen MR) is 99.8 cm³/mol. The number of methoxy groups -OCH3 is 1. The summed E-state index contributed by atoms with van der Waals surface area (Å²) >= 11 is 0. The number of benzene rings is 3. The Morgan fingerprint density at radius 3 is 1.41 bits per heavy atom. The molecule has 0 aliphatic heterocycles. The number of halogens is 6. The molecule has 0 amide bonds. The summed E-state index contributed by atoms with van der Waals surface area (Å²) in [5, 5.41) is 0. The first-order chi connectivity index (χ1) is 13.7. The first-order valence-corrected chi connectivity index (χ1v) is 8.59. The third kappa shape index (κ3) is 3.59. The zero-order chi connectivity index (χ0) is 21.5. The minimum atomic E-state index is -2.04. The highest BCUT2D eigenvalue weighted by Crippen LogP contribution is 2.18. The second-order valence-electron chi connectivity index (χ2n) is 6.62. The van der Waals surface area contributed by atoms with Crippen molar-refractivity contribution in [3.63, 3.8) is 0 Å². The van der Waals surface area contributed by atoms with E-state index in [2.05, 4.69) is 0 Å². The summed E-state index contributed by atoms with van der Waals surface area (Å²) in [6.07, 6.45) is 0. The first kappa shape index (κ1) is 20.8. The molecule has 3 aromatic rings. The molecule has 0 fully saturated rings. The van der Waals surface area contributed by atoms with Crippen LogP contribution in [0.1, 0.15) is 11.1 Å². The molecule has 0 N–H and O–H groups in total. The lowest BCUT2D eigenvalue weighted by Crippen LogP contribution is -2.59. The van der Waals surface area contributed by atoms with Gasteiger partial charge in [-0.05, 0) is 37.1 Å². The number of hydrogen-bond donors (Lipinski definition) is 0. The van der Waals surface area contributed by atoms with Crippen LogP contribution in [0.25, 0.3) is 0 Å². The molecule has 0 saturated carbocycles. The number of ether oxygens (including phenoxy) is 1. The minimum absolute atomic E-state index is 0.0470. The average Bonchev–Trinajstić information content (AvgIpc) is 2.67. The van der Waals surface area contributed by atoms with Crippen LogP contribution in [0.4, 0.5) is 26.3 Å². The fourth-order valence-corrected chi connectivity index (χ4v) is 3.27. The third-order valence-electron chi connectivity index (χ3n) is 4.79. The van der Waals surface area contributed by atoms with E-state index in [1.807, 2.05) is 0 Å². The third-order valence-corrected chi connectivity index (χ3v) is 4.79. The standard InChI is InChI=1S/C21H15BF6O/c1-10-4-6-13(23)18(20(10)27)22(19-14(24)7-5-11(2)21(19)28)17-15(25)8-12(29-3)9-16(17)26/h4-9H,1-3H3. The van der Waals surface area contributed by atoms with Gasteiger partial charge in [-0.1, -0.05) is 12.1 Å². The molecular formula is C21H15BF6O. The Hall–Kier alpha value is -2.90. The maximum Gasteiger partial charge on any atom is 0.264 e. The van der Waals surface area contributed by atoms with Gasteiger partial charge in [0.05, 0.1) is 7.11 Å². The fourth-order valence-electron chi connectivity index (χ4n) is 3.27. The fraction of sp³-hybridized carbons (Fsp3) is 0.143. The van der Waals surface area contributed by atoms with Crippen LogP contribution in [0, 0.1) is 48.8 Å². The molecule has 3 aromatic carbocycles. The lowest BCUT2D eigenvalue weighted by molar-refractivity contribution is 0.407. The zero-order valence-corrected chi connectivity index (χ0v) is 15.7. The number of hydrogen-bond acceptors (Lipinski definition) is 1. The smallest absolute Gasteiger partial charge is 0.264 e. The quantitative estimate of drug-likeness (QED) is 0.473. The Labute approximate surface area is 164 Å². The van der Waals surface area contributed by atoms with E-state index in [0.29, 0.717) is 0 Å². The van der Waals surface area contributed by atoms with E-state index in [1.54, 1.807) is 0 Å². The normalized spacial score (nSPS) is 10.9. The van der Waals surface area contributed by atoms with E-state index in [9.17, 15) is 26.3 Å². The van der Waals surface area contributed by atoms with Crippen LogP contribution in [0.5, 0.6) is 5.75 Å². The number of rotatable bonds is 4. The highest BCUT2D eigenvalue weighted by molar-refractivity contribution is 6.95. The molecule has 0 heterocycles. The molecular weight excluding hydrogens is 393 g/mol. The maximum atomic E-state index is 14.9. The first-order valence-electron chi connectivity index (χ1n) is 8.59. The minimum Gasteiger partial charge on any atom is -0.497 e. The molecule has 0 aliphatic rings. The summed E-state index contributed by atoms with van der Waals surface area (Å²) in [6.45, 7) is 0.568. The van der Waals surface area contributed by atoms with Gasteiger partial charge in [-0.25, -0.2) is 26.3 Å². The van der Waals surface area contributed by atoms with Gasteiger partial charge in [0, 0.05) is 28.5 Å².